The van der Waals surface area contributed by atoms with Crippen molar-refractivity contribution in [1.82, 2.24) is 4.90 Å². The van der Waals surface area contributed by atoms with Crippen LogP contribution in [0.1, 0.15) is 16.1 Å². The second-order valence-corrected chi connectivity index (χ2v) is 6.36. The van der Waals surface area contributed by atoms with Gasteiger partial charge in [0.05, 0.1) is 11.2 Å². The van der Waals surface area contributed by atoms with Crippen molar-refractivity contribution >= 4 is 46.5 Å². The van der Waals surface area contributed by atoms with Crippen molar-refractivity contribution < 1.29 is 33.8 Å². The van der Waals surface area contributed by atoms with Crippen LogP contribution in [0.5, 0.6) is 5.75 Å². The quantitative estimate of drug-likeness (QED) is 0.664. The lowest BCUT2D eigenvalue weighted by molar-refractivity contribution is -0.127. The first-order valence-corrected chi connectivity index (χ1v) is 8.32. The van der Waals surface area contributed by atoms with Gasteiger partial charge in [0.15, 0.2) is 0 Å². The molecular formula is C17H12N2O7S. The highest BCUT2D eigenvalue weighted by atomic mass is 32.2. The molecule has 1 aromatic heterocycles. The predicted octanol–water partition coefficient (Wildman–Crippen LogP) is 2.36. The Bertz CT molecular complexity index is 966. The monoisotopic (exact) mass is 388 g/mol. The number of benzene rings is 1. The van der Waals surface area contributed by atoms with Crippen LogP contribution in [0.15, 0.2) is 45.9 Å². The number of carbonyl (C=O) groups is 4. The van der Waals surface area contributed by atoms with E-state index in [1.165, 1.54) is 18.4 Å². The van der Waals surface area contributed by atoms with E-state index in [4.69, 9.17) is 9.52 Å². The summed E-state index contributed by atoms with van der Waals surface area (Å²) < 4.78 is 5.10. The molecule has 3 rings (SSSR count). The van der Waals surface area contributed by atoms with E-state index in [1.54, 1.807) is 12.1 Å². The number of carboxylic acid groups (broad SMARTS) is 1. The predicted molar refractivity (Wildman–Crippen MR) is 95.1 cm³/mol. The Kier molecular flexibility index (Phi) is 4.99. The Balaban J connectivity index is 1.67. The molecule has 1 aliphatic rings. The molecular weight excluding hydrogens is 376 g/mol. The number of carbonyl (C=O) groups excluding carboxylic acids is 3. The van der Waals surface area contributed by atoms with E-state index in [-0.39, 0.29) is 16.2 Å². The third kappa shape index (κ3) is 4.01. The van der Waals surface area contributed by atoms with Crippen LogP contribution in [-0.4, -0.2) is 44.7 Å². The van der Waals surface area contributed by atoms with E-state index in [9.17, 15) is 24.3 Å². The van der Waals surface area contributed by atoms with Crippen LogP contribution in [-0.2, 0) is 9.59 Å². The number of amides is 3. The van der Waals surface area contributed by atoms with Crippen molar-refractivity contribution in [3.63, 3.8) is 0 Å². The SMILES string of the molecule is O=C(CN1C(=O)S/C(=C\c2ccco2)C1=O)Nc1ccc(C(=O)O)c(O)c1. The first kappa shape index (κ1) is 18.3. The van der Waals surface area contributed by atoms with Gasteiger partial charge in [0.2, 0.25) is 5.91 Å². The number of thioether (sulfide) groups is 1. The van der Waals surface area contributed by atoms with Crippen molar-refractivity contribution in [2.45, 2.75) is 0 Å². The van der Waals surface area contributed by atoms with E-state index in [0.717, 1.165) is 17.0 Å². The standard InChI is InChI=1S/C17H12N2O7S/c20-12-6-9(3-4-11(12)16(23)24)18-14(21)8-19-15(22)13(27-17(19)25)7-10-2-1-5-26-10/h1-7,20H,8H2,(H,18,21)(H,23,24)/b13-7-. The molecule has 0 bridgehead atoms. The van der Waals surface area contributed by atoms with Crippen LogP contribution in [0, 0.1) is 0 Å². The molecule has 0 spiro atoms. The number of aromatic carboxylic acids is 1. The summed E-state index contributed by atoms with van der Waals surface area (Å²) in [5, 5.41) is 20.3. The second-order valence-electron chi connectivity index (χ2n) is 5.37. The lowest BCUT2D eigenvalue weighted by atomic mass is 10.2. The average molecular weight is 388 g/mol. The highest BCUT2D eigenvalue weighted by Gasteiger charge is 2.36. The highest BCUT2D eigenvalue weighted by molar-refractivity contribution is 8.18. The van der Waals surface area contributed by atoms with Crippen molar-refractivity contribution in [2.75, 3.05) is 11.9 Å². The summed E-state index contributed by atoms with van der Waals surface area (Å²) in [4.78, 5) is 48.2. The number of imide groups is 1. The number of phenols is 1. The number of anilines is 1. The minimum absolute atomic E-state index is 0.126. The normalized spacial score (nSPS) is 15.4. The molecule has 2 aromatic rings. The van der Waals surface area contributed by atoms with Crippen molar-refractivity contribution in [3.8, 4) is 5.75 Å². The third-order valence-electron chi connectivity index (χ3n) is 3.50. The number of aromatic hydroxyl groups is 1. The van der Waals surface area contributed by atoms with Gasteiger partial charge in [0.1, 0.15) is 23.6 Å². The van der Waals surface area contributed by atoms with E-state index in [1.807, 2.05) is 0 Å². The van der Waals surface area contributed by atoms with Crippen LogP contribution in [0.25, 0.3) is 6.08 Å². The topological polar surface area (TPSA) is 137 Å². The summed E-state index contributed by atoms with van der Waals surface area (Å²) in [6.07, 6.45) is 2.83. The molecule has 138 valence electrons. The van der Waals surface area contributed by atoms with Crippen LogP contribution < -0.4 is 5.32 Å². The Morgan fingerprint density at radius 1 is 1.26 bits per heavy atom. The molecule has 1 saturated heterocycles. The van der Waals surface area contributed by atoms with E-state index in [0.29, 0.717) is 17.5 Å². The Labute approximate surface area is 156 Å². The van der Waals surface area contributed by atoms with Crippen LogP contribution in [0.2, 0.25) is 0 Å². The maximum atomic E-state index is 12.3. The van der Waals surface area contributed by atoms with Gasteiger partial charge in [-0.2, -0.15) is 0 Å². The summed E-state index contributed by atoms with van der Waals surface area (Å²) in [7, 11) is 0. The number of carboxylic acids is 1. The summed E-state index contributed by atoms with van der Waals surface area (Å²) >= 11 is 0.689. The minimum Gasteiger partial charge on any atom is -0.507 e. The van der Waals surface area contributed by atoms with Gasteiger partial charge in [-0.1, -0.05) is 0 Å². The largest absolute Gasteiger partial charge is 0.507 e. The Morgan fingerprint density at radius 3 is 2.67 bits per heavy atom. The molecule has 0 aliphatic carbocycles. The first-order chi connectivity index (χ1) is 12.8. The van der Waals surface area contributed by atoms with Gasteiger partial charge in [-0.15, -0.1) is 0 Å². The van der Waals surface area contributed by atoms with Crippen LogP contribution >= 0.6 is 11.8 Å². The lowest BCUT2D eigenvalue weighted by Crippen LogP contribution is -2.36. The lowest BCUT2D eigenvalue weighted by Gasteiger charge is -2.12. The number of rotatable bonds is 5. The first-order valence-electron chi connectivity index (χ1n) is 7.50. The maximum Gasteiger partial charge on any atom is 0.339 e. The summed E-state index contributed by atoms with van der Waals surface area (Å²) in [5.74, 6) is -2.74. The fourth-order valence-corrected chi connectivity index (χ4v) is 3.09. The number of furan rings is 1. The van der Waals surface area contributed by atoms with E-state index >= 15 is 0 Å². The summed E-state index contributed by atoms with van der Waals surface area (Å²) in [5.41, 5.74) is -0.192. The number of hydrogen-bond donors (Lipinski definition) is 3. The zero-order valence-electron chi connectivity index (χ0n) is 13.5. The maximum absolute atomic E-state index is 12.3. The molecule has 0 radical (unpaired) electrons. The van der Waals surface area contributed by atoms with Gasteiger partial charge in [-0.3, -0.25) is 19.3 Å². The molecule has 1 aromatic carbocycles. The van der Waals surface area contributed by atoms with Gasteiger partial charge in [-0.05, 0) is 36.0 Å². The molecule has 10 heteroatoms. The van der Waals surface area contributed by atoms with Crippen molar-refractivity contribution in [1.29, 1.82) is 0 Å². The molecule has 0 unspecified atom stereocenters. The second kappa shape index (κ2) is 7.38. The fourth-order valence-electron chi connectivity index (χ4n) is 2.27. The molecule has 9 nitrogen and oxygen atoms in total. The van der Waals surface area contributed by atoms with Gasteiger partial charge < -0.3 is 19.9 Å². The molecule has 0 saturated carbocycles. The van der Waals surface area contributed by atoms with Crippen LogP contribution in [0.4, 0.5) is 10.5 Å². The zero-order valence-corrected chi connectivity index (χ0v) is 14.4. The third-order valence-corrected chi connectivity index (χ3v) is 4.41. The smallest absolute Gasteiger partial charge is 0.339 e. The Morgan fingerprint density at radius 2 is 2.04 bits per heavy atom. The minimum atomic E-state index is -1.31. The summed E-state index contributed by atoms with van der Waals surface area (Å²) in [6.45, 7) is -0.526. The van der Waals surface area contributed by atoms with Gasteiger partial charge in [0, 0.05) is 17.8 Å². The number of nitrogens with zero attached hydrogens (tertiary/aromatic N) is 1. The highest BCUT2D eigenvalue weighted by Crippen LogP contribution is 2.32. The molecule has 2 heterocycles. The molecule has 3 N–H and O–H groups in total. The summed E-state index contributed by atoms with van der Waals surface area (Å²) in [6, 6.07) is 6.72. The van der Waals surface area contributed by atoms with Crippen molar-refractivity contribution in [2.24, 2.45) is 0 Å². The van der Waals surface area contributed by atoms with Gasteiger partial charge in [-0.25, -0.2) is 4.79 Å². The molecule has 1 aliphatic heterocycles. The number of nitrogens with one attached hydrogen (secondary N) is 1. The molecule has 0 atom stereocenters. The average Bonchev–Trinajstić information content (AvgIpc) is 3.19. The fraction of sp³-hybridized carbons (Fsp3) is 0.0588. The van der Waals surface area contributed by atoms with Gasteiger partial charge in [0.25, 0.3) is 11.1 Å². The zero-order chi connectivity index (χ0) is 19.6. The van der Waals surface area contributed by atoms with E-state index in [2.05, 4.69) is 5.32 Å². The molecule has 1 fully saturated rings. The Hall–Kier alpha value is -3.53. The molecule has 27 heavy (non-hydrogen) atoms. The van der Waals surface area contributed by atoms with Gasteiger partial charge >= 0.3 is 5.97 Å². The number of hydrogen-bond acceptors (Lipinski definition) is 7. The van der Waals surface area contributed by atoms with E-state index < -0.39 is 35.3 Å². The van der Waals surface area contributed by atoms with Crippen LogP contribution in [0.3, 0.4) is 0 Å². The van der Waals surface area contributed by atoms with Crippen molar-refractivity contribution in [3.05, 3.63) is 52.8 Å². The molecule has 3 amide bonds.